The number of anilines is 1. The molecule has 1 aromatic heterocycles. The average Bonchev–Trinajstić information content (AvgIpc) is 2.31. The lowest BCUT2D eigenvalue weighted by Gasteiger charge is -2.27. The molecule has 1 aliphatic heterocycles. The molecule has 5 heteroatoms. The Labute approximate surface area is 88.0 Å². The van der Waals surface area contributed by atoms with Crippen molar-refractivity contribution in [3.63, 3.8) is 0 Å². The van der Waals surface area contributed by atoms with E-state index in [9.17, 15) is 0 Å². The van der Waals surface area contributed by atoms with Gasteiger partial charge < -0.3 is 14.8 Å². The molecule has 1 fully saturated rings. The van der Waals surface area contributed by atoms with Gasteiger partial charge in [0.25, 0.3) is 0 Å². The zero-order valence-corrected chi connectivity index (χ0v) is 8.33. The van der Waals surface area contributed by atoms with E-state index < -0.39 is 0 Å². The highest BCUT2D eigenvalue weighted by atomic mass is 16.5. The molecule has 1 N–H and O–H groups in total. The van der Waals surface area contributed by atoms with Crippen LogP contribution in [0.1, 0.15) is 5.69 Å². The van der Waals surface area contributed by atoms with Crippen LogP contribution in [0.2, 0.25) is 0 Å². The maximum absolute atomic E-state index is 8.42. The SMILES string of the molecule is ON=Cc1cccc(N2CCOCC2)n1. The molecule has 0 bridgehead atoms. The number of hydrogen-bond acceptors (Lipinski definition) is 5. The summed E-state index contributed by atoms with van der Waals surface area (Å²) in [6.07, 6.45) is 1.32. The Balaban J connectivity index is 2.15. The molecule has 0 saturated carbocycles. The minimum Gasteiger partial charge on any atom is -0.411 e. The van der Waals surface area contributed by atoms with Gasteiger partial charge in [-0.3, -0.25) is 0 Å². The minimum atomic E-state index is 0.654. The second kappa shape index (κ2) is 4.75. The molecule has 0 spiro atoms. The molecular weight excluding hydrogens is 194 g/mol. The Bertz CT molecular complexity index is 348. The summed E-state index contributed by atoms with van der Waals surface area (Å²) in [7, 11) is 0. The Morgan fingerprint density at radius 1 is 1.40 bits per heavy atom. The lowest BCUT2D eigenvalue weighted by atomic mass is 10.3. The summed E-state index contributed by atoms with van der Waals surface area (Å²) in [5.74, 6) is 0.899. The van der Waals surface area contributed by atoms with Crippen LogP contribution in [0.3, 0.4) is 0 Å². The van der Waals surface area contributed by atoms with Crippen LogP contribution in [-0.2, 0) is 4.74 Å². The molecule has 2 rings (SSSR count). The van der Waals surface area contributed by atoms with Crippen LogP contribution < -0.4 is 4.90 Å². The first-order valence-electron chi connectivity index (χ1n) is 4.87. The first kappa shape index (κ1) is 9.92. The van der Waals surface area contributed by atoms with Crippen molar-refractivity contribution in [3.8, 4) is 0 Å². The number of rotatable bonds is 2. The second-order valence-electron chi connectivity index (χ2n) is 3.26. The molecule has 0 radical (unpaired) electrons. The van der Waals surface area contributed by atoms with Gasteiger partial charge in [0, 0.05) is 13.1 Å². The number of aromatic nitrogens is 1. The van der Waals surface area contributed by atoms with Gasteiger partial charge in [-0.1, -0.05) is 11.2 Å². The van der Waals surface area contributed by atoms with Crippen LogP contribution in [0.25, 0.3) is 0 Å². The van der Waals surface area contributed by atoms with E-state index in [1.54, 1.807) is 6.07 Å². The molecule has 1 aliphatic rings. The van der Waals surface area contributed by atoms with Gasteiger partial charge in [-0.2, -0.15) is 0 Å². The van der Waals surface area contributed by atoms with Gasteiger partial charge in [-0.05, 0) is 12.1 Å². The fourth-order valence-electron chi connectivity index (χ4n) is 1.54. The predicted octanol–water partition coefficient (Wildman–Crippen LogP) is 0.726. The van der Waals surface area contributed by atoms with Crippen LogP contribution in [0.15, 0.2) is 23.4 Å². The molecule has 2 heterocycles. The zero-order chi connectivity index (χ0) is 10.5. The number of morpholine rings is 1. The number of ether oxygens (including phenoxy) is 1. The van der Waals surface area contributed by atoms with Gasteiger partial charge in [0.2, 0.25) is 0 Å². The summed E-state index contributed by atoms with van der Waals surface area (Å²) in [5, 5.41) is 11.4. The van der Waals surface area contributed by atoms with Crippen LogP contribution in [-0.4, -0.2) is 42.7 Å². The van der Waals surface area contributed by atoms with Crippen molar-refractivity contribution in [3.05, 3.63) is 23.9 Å². The van der Waals surface area contributed by atoms with Gasteiger partial charge in [-0.25, -0.2) is 4.98 Å². The highest BCUT2D eigenvalue weighted by Gasteiger charge is 2.11. The maximum atomic E-state index is 8.42. The Hall–Kier alpha value is -1.62. The summed E-state index contributed by atoms with van der Waals surface area (Å²) in [6, 6.07) is 5.64. The molecule has 1 saturated heterocycles. The monoisotopic (exact) mass is 207 g/mol. The van der Waals surface area contributed by atoms with Crippen molar-refractivity contribution >= 4 is 12.0 Å². The normalized spacial score (nSPS) is 17.2. The topological polar surface area (TPSA) is 58.0 Å². The number of pyridine rings is 1. The number of nitrogens with zero attached hydrogens (tertiary/aromatic N) is 3. The molecule has 0 aromatic carbocycles. The summed E-state index contributed by atoms with van der Waals surface area (Å²) in [5.41, 5.74) is 0.654. The third-order valence-corrected chi connectivity index (χ3v) is 2.28. The van der Waals surface area contributed by atoms with Gasteiger partial charge in [-0.15, -0.1) is 0 Å². The van der Waals surface area contributed by atoms with Gasteiger partial charge >= 0.3 is 0 Å². The zero-order valence-electron chi connectivity index (χ0n) is 8.33. The average molecular weight is 207 g/mol. The van der Waals surface area contributed by atoms with Gasteiger partial charge in [0.05, 0.1) is 25.1 Å². The smallest absolute Gasteiger partial charge is 0.129 e. The summed E-state index contributed by atoms with van der Waals surface area (Å²) >= 11 is 0. The van der Waals surface area contributed by atoms with E-state index in [0.717, 1.165) is 32.1 Å². The maximum Gasteiger partial charge on any atom is 0.129 e. The standard InChI is InChI=1S/C10H13N3O2/c14-11-8-9-2-1-3-10(12-9)13-4-6-15-7-5-13/h1-3,8,14H,4-7H2. The Kier molecular flexibility index (Phi) is 3.14. The van der Waals surface area contributed by atoms with Crippen molar-refractivity contribution in [2.45, 2.75) is 0 Å². The molecule has 80 valence electrons. The van der Waals surface area contributed by atoms with Crippen molar-refractivity contribution < 1.29 is 9.94 Å². The third-order valence-electron chi connectivity index (χ3n) is 2.28. The number of oxime groups is 1. The molecule has 0 amide bonds. The van der Waals surface area contributed by atoms with E-state index in [1.807, 2.05) is 12.1 Å². The van der Waals surface area contributed by atoms with E-state index in [1.165, 1.54) is 6.21 Å². The van der Waals surface area contributed by atoms with Crippen molar-refractivity contribution in [1.29, 1.82) is 0 Å². The van der Waals surface area contributed by atoms with Crippen LogP contribution >= 0.6 is 0 Å². The van der Waals surface area contributed by atoms with Gasteiger partial charge in [0.1, 0.15) is 5.82 Å². The van der Waals surface area contributed by atoms with Crippen molar-refractivity contribution in [2.24, 2.45) is 5.16 Å². The molecule has 1 aromatic rings. The molecule has 0 unspecified atom stereocenters. The molecular formula is C10H13N3O2. The highest BCUT2D eigenvalue weighted by molar-refractivity contribution is 5.77. The fraction of sp³-hybridized carbons (Fsp3) is 0.400. The molecule has 5 nitrogen and oxygen atoms in total. The van der Waals surface area contributed by atoms with Crippen molar-refractivity contribution in [1.82, 2.24) is 4.98 Å². The lowest BCUT2D eigenvalue weighted by Crippen LogP contribution is -2.36. The van der Waals surface area contributed by atoms with E-state index >= 15 is 0 Å². The van der Waals surface area contributed by atoms with E-state index in [4.69, 9.17) is 9.94 Å². The summed E-state index contributed by atoms with van der Waals surface area (Å²) in [6.45, 7) is 3.18. The minimum absolute atomic E-state index is 0.654. The van der Waals surface area contributed by atoms with Crippen LogP contribution in [0.5, 0.6) is 0 Å². The predicted molar refractivity (Wildman–Crippen MR) is 56.6 cm³/mol. The summed E-state index contributed by atoms with van der Waals surface area (Å²) < 4.78 is 5.26. The molecule has 0 aliphatic carbocycles. The number of hydrogen-bond donors (Lipinski definition) is 1. The van der Waals surface area contributed by atoms with E-state index in [0.29, 0.717) is 5.69 Å². The summed E-state index contributed by atoms with van der Waals surface area (Å²) in [4.78, 5) is 6.50. The molecule has 15 heavy (non-hydrogen) atoms. The first-order chi connectivity index (χ1) is 7.40. The first-order valence-corrected chi connectivity index (χ1v) is 4.87. The highest BCUT2D eigenvalue weighted by Crippen LogP contribution is 2.12. The molecule has 0 atom stereocenters. The Morgan fingerprint density at radius 3 is 2.93 bits per heavy atom. The lowest BCUT2D eigenvalue weighted by molar-refractivity contribution is 0.122. The van der Waals surface area contributed by atoms with E-state index in [2.05, 4.69) is 15.0 Å². The Morgan fingerprint density at radius 2 is 2.20 bits per heavy atom. The fourth-order valence-corrected chi connectivity index (χ4v) is 1.54. The largest absolute Gasteiger partial charge is 0.411 e. The third kappa shape index (κ3) is 2.44. The van der Waals surface area contributed by atoms with Crippen LogP contribution in [0, 0.1) is 0 Å². The van der Waals surface area contributed by atoms with E-state index in [-0.39, 0.29) is 0 Å². The van der Waals surface area contributed by atoms with Crippen molar-refractivity contribution in [2.75, 3.05) is 31.2 Å². The second-order valence-corrected chi connectivity index (χ2v) is 3.26. The van der Waals surface area contributed by atoms with Gasteiger partial charge in [0.15, 0.2) is 0 Å². The van der Waals surface area contributed by atoms with Crippen LogP contribution in [0.4, 0.5) is 5.82 Å². The quantitative estimate of drug-likeness (QED) is 0.441.